The minimum absolute atomic E-state index is 0.217. The van der Waals surface area contributed by atoms with Gasteiger partial charge in [0.2, 0.25) is 0 Å². The van der Waals surface area contributed by atoms with Crippen LogP contribution in [0.3, 0.4) is 0 Å². The minimum Gasteiger partial charge on any atom is -0.395 e. The van der Waals surface area contributed by atoms with Crippen molar-refractivity contribution >= 4 is 11.3 Å². The smallest absolute Gasteiger partial charge is 0.0937 e. The standard InChI is InChI=1S/C9H16N2OS/c1-2-8(7-12)10-4-3-9-11-5-6-13-9/h5-6,8,10,12H,2-4,7H2,1H3. The lowest BCUT2D eigenvalue weighted by Gasteiger charge is -2.12. The van der Waals surface area contributed by atoms with E-state index in [1.807, 2.05) is 11.6 Å². The molecule has 0 saturated carbocycles. The molecule has 1 aromatic heterocycles. The van der Waals surface area contributed by atoms with Crippen molar-refractivity contribution in [2.45, 2.75) is 25.8 Å². The van der Waals surface area contributed by atoms with Gasteiger partial charge in [0.1, 0.15) is 0 Å². The number of hydrogen-bond donors (Lipinski definition) is 2. The van der Waals surface area contributed by atoms with Crippen molar-refractivity contribution in [3.63, 3.8) is 0 Å². The lowest BCUT2D eigenvalue weighted by molar-refractivity contribution is 0.240. The fourth-order valence-electron chi connectivity index (χ4n) is 1.10. The lowest BCUT2D eigenvalue weighted by atomic mass is 10.2. The molecule has 1 heterocycles. The second-order valence-electron chi connectivity index (χ2n) is 2.92. The van der Waals surface area contributed by atoms with Gasteiger partial charge in [-0.2, -0.15) is 0 Å². The molecule has 0 aliphatic heterocycles. The minimum atomic E-state index is 0.217. The van der Waals surface area contributed by atoms with Gasteiger partial charge in [-0.15, -0.1) is 11.3 Å². The van der Waals surface area contributed by atoms with Crippen molar-refractivity contribution in [2.75, 3.05) is 13.2 Å². The van der Waals surface area contributed by atoms with E-state index in [9.17, 15) is 0 Å². The molecule has 3 nitrogen and oxygen atoms in total. The number of hydrogen-bond acceptors (Lipinski definition) is 4. The summed E-state index contributed by atoms with van der Waals surface area (Å²) in [7, 11) is 0. The van der Waals surface area contributed by atoms with Crippen molar-refractivity contribution in [3.05, 3.63) is 16.6 Å². The fraction of sp³-hybridized carbons (Fsp3) is 0.667. The molecular weight excluding hydrogens is 184 g/mol. The average Bonchev–Trinajstić information content (AvgIpc) is 2.65. The van der Waals surface area contributed by atoms with Crippen LogP contribution in [0, 0.1) is 0 Å². The topological polar surface area (TPSA) is 45.1 Å². The Morgan fingerprint density at radius 2 is 2.54 bits per heavy atom. The molecule has 0 aliphatic rings. The van der Waals surface area contributed by atoms with Crippen molar-refractivity contribution in [1.82, 2.24) is 10.3 Å². The summed E-state index contributed by atoms with van der Waals surface area (Å²) >= 11 is 1.68. The van der Waals surface area contributed by atoms with E-state index in [0.29, 0.717) is 0 Å². The first-order valence-electron chi connectivity index (χ1n) is 4.59. The summed E-state index contributed by atoms with van der Waals surface area (Å²) in [4.78, 5) is 4.18. The number of aliphatic hydroxyl groups excluding tert-OH is 1. The highest BCUT2D eigenvalue weighted by Crippen LogP contribution is 2.03. The first-order valence-corrected chi connectivity index (χ1v) is 5.47. The van der Waals surface area contributed by atoms with Gasteiger partial charge in [-0.3, -0.25) is 0 Å². The van der Waals surface area contributed by atoms with Crippen LogP contribution < -0.4 is 5.32 Å². The van der Waals surface area contributed by atoms with Crippen LogP contribution in [0.2, 0.25) is 0 Å². The Kier molecular flexibility index (Phi) is 4.97. The Bertz CT molecular complexity index is 209. The van der Waals surface area contributed by atoms with E-state index in [0.717, 1.165) is 24.4 Å². The zero-order valence-corrected chi connectivity index (χ0v) is 8.68. The third kappa shape index (κ3) is 3.85. The predicted molar refractivity (Wildman–Crippen MR) is 55.0 cm³/mol. The molecule has 2 N–H and O–H groups in total. The SMILES string of the molecule is CCC(CO)NCCc1nccs1. The van der Waals surface area contributed by atoms with Crippen LogP contribution in [0.25, 0.3) is 0 Å². The summed E-state index contributed by atoms with van der Waals surface area (Å²) in [5.41, 5.74) is 0. The number of aliphatic hydroxyl groups is 1. The van der Waals surface area contributed by atoms with Crippen LogP contribution in [-0.2, 0) is 6.42 Å². The molecule has 0 bridgehead atoms. The Morgan fingerprint density at radius 1 is 1.69 bits per heavy atom. The maximum absolute atomic E-state index is 8.91. The summed E-state index contributed by atoms with van der Waals surface area (Å²) in [6, 6.07) is 0.236. The average molecular weight is 200 g/mol. The van der Waals surface area contributed by atoms with Gasteiger partial charge in [0, 0.05) is 30.6 Å². The molecule has 0 amide bonds. The third-order valence-electron chi connectivity index (χ3n) is 1.97. The molecule has 0 saturated heterocycles. The van der Waals surface area contributed by atoms with Crippen molar-refractivity contribution in [3.8, 4) is 0 Å². The van der Waals surface area contributed by atoms with Gasteiger partial charge in [-0.05, 0) is 6.42 Å². The number of aromatic nitrogens is 1. The lowest BCUT2D eigenvalue weighted by Crippen LogP contribution is -2.33. The Morgan fingerprint density at radius 3 is 3.08 bits per heavy atom. The molecule has 0 fully saturated rings. The molecule has 0 spiro atoms. The fourth-order valence-corrected chi connectivity index (χ4v) is 1.72. The maximum Gasteiger partial charge on any atom is 0.0937 e. The van der Waals surface area contributed by atoms with Gasteiger partial charge in [-0.1, -0.05) is 6.92 Å². The van der Waals surface area contributed by atoms with E-state index >= 15 is 0 Å². The summed E-state index contributed by atoms with van der Waals surface area (Å²) in [6.07, 6.45) is 3.74. The highest BCUT2D eigenvalue weighted by molar-refractivity contribution is 7.09. The largest absolute Gasteiger partial charge is 0.395 e. The van der Waals surface area contributed by atoms with E-state index in [1.165, 1.54) is 0 Å². The molecule has 1 rings (SSSR count). The van der Waals surface area contributed by atoms with E-state index < -0.39 is 0 Å². The van der Waals surface area contributed by atoms with Gasteiger partial charge >= 0.3 is 0 Å². The monoisotopic (exact) mass is 200 g/mol. The Hall–Kier alpha value is -0.450. The molecular formula is C9H16N2OS. The third-order valence-corrected chi connectivity index (χ3v) is 2.81. The van der Waals surface area contributed by atoms with Crippen LogP contribution in [0.4, 0.5) is 0 Å². The van der Waals surface area contributed by atoms with E-state index in [-0.39, 0.29) is 12.6 Å². The van der Waals surface area contributed by atoms with Crippen LogP contribution in [0.5, 0.6) is 0 Å². The van der Waals surface area contributed by atoms with Gasteiger partial charge < -0.3 is 10.4 Å². The maximum atomic E-state index is 8.91. The van der Waals surface area contributed by atoms with E-state index in [2.05, 4.69) is 17.2 Å². The number of rotatable bonds is 6. The molecule has 1 unspecified atom stereocenters. The number of thiazole rings is 1. The molecule has 13 heavy (non-hydrogen) atoms. The highest BCUT2D eigenvalue weighted by Gasteiger charge is 2.02. The van der Waals surface area contributed by atoms with Crippen LogP contribution in [0.15, 0.2) is 11.6 Å². The molecule has 0 aliphatic carbocycles. The summed E-state index contributed by atoms with van der Waals surface area (Å²) in [6.45, 7) is 3.18. The summed E-state index contributed by atoms with van der Waals surface area (Å²) in [5.74, 6) is 0. The quantitative estimate of drug-likeness (QED) is 0.721. The van der Waals surface area contributed by atoms with E-state index in [4.69, 9.17) is 5.11 Å². The molecule has 0 aromatic carbocycles. The van der Waals surface area contributed by atoms with Crippen LogP contribution in [-0.4, -0.2) is 29.3 Å². The number of nitrogens with zero attached hydrogens (tertiary/aromatic N) is 1. The molecule has 1 aromatic rings. The Labute approximate surface area is 82.8 Å². The summed E-state index contributed by atoms with van der Waals surface area (Å²) < 4.78 is 0. The zero-order valence-electron chi connectivity index (χ0n) is 7.86. The first kappa shape index (κ1) is 10.6. The highest BCUT2D eigenvalue weighted by atomic mass is 32.1. The van der Waals surface area contributed by atoms with Gasteiger partial charge in [0.15, 0.2) is 0 Å². The van der Waals surface area contributed by atoms with Gasteiger partial charge in [0.05, 0.1) is 11.6 Å². The molecule has 1 atom stereocenters. The van der Waals surface area contributed by atoms with Crippen molar-refractivity contribution in [1.29, 1.82) is 0 Å². The van der Waals surface area contributed by atoms with Crippen LogP contribution >= 0.6 is 11.3 Å². The molecule has 4 heteroatoms. The van der Waals surface area contributed by atoms with Crippen LogP contribution in [0.1, 0.15) is 18.4 Å². The van der Waals surface area contributed by atoms with Crippen molar-refractivity contribution < 1.29 is 5.11 Å². The predicted octanol–water partition coefficient (Wildman–Crippen LogP) is 1.05. The zero-order chi connectivity index (χ0) is 9.52. The van der Waals surface area contributed by atoms with E-state index in [1.54, 1.807) is 11.3 Å². The summed E-state index contributed by atoms with van der Waals surface area (Å²) in [5, 5.41) is 15.3. The first-order chi connectivity index (χ1) is 6.36. The molecule has 74 valence electrons. The van der Waals surface area contributed by atoms with Crippen molar-refractivity contribution in [2.24, 2.45) is 0 Å². The second kappa shape index (κ2) is 6.07. The van der Waals surface area contributed by atoms with Gasteiger partial charge in [0.25, 0.3) is 0 Å². The Balaban J connectivity index is 2.13. The molecule has 0 radical (unpaired) electrons. The second-order valence-corrected chi connectivity index (χ2v) is 3.90. The normalized spacial score (nSPS) is 13.1. The van der Waals surface area contributed by atoms with Gasteiger partial charge in [-0.25, -0.2) is 4.98 Å². The number of nitrogens with one attached hydrogen (secondary N) is 1.